The Bertz CT molecular complexity index is 418. The van der Waals surface area contributed by atoms with Gasteiger partial charge in [0.1, 0.15) is 0 Å². The Labute approximate surface area is 90.1 Å². The topological polar surface area (TPSA) is 47.6 Å². The number of allylic oxidation sites excluding steroid dienone is 1. The molecule has 0 amide bonds. The van der Waals surface area contributed by atoms with Gasteiger partial charge in [-0.15, -0.1) is 0 Å². The van der Waals surface area contributed by atoms with Crippen molar-refractivity contribution < 1.29 is 0 Å². The quantitative estimate of drug-likeness (QED) is 0.698. The van der Waals surface area contributed by atoms with Crippen LogP contribution in [0.25, 0.3) is 0 Å². The van der Waals surface area contributed by atoms with Crippen molar-refractivity contribution in [2.24, 2.45) is 5.41 Å². The van der Waals surface area contributed by atoms with E-state index in [-0.39, 0.29) is 0 Å². The van der Waals surface area contributed by atoms with Crippen molar-refractivity contribution in [3.8, 4) is 12.1 Å². The van der Waals surface area contributed by atoms with Crippen molar-refractivity contribution in [2.75, 3.05) is 0 Å². The summed E-state index contributed by atoms with van der Waals surface area (Å²) >= 11 is 0. The van der Waals surface area contributed by atoms with E-state index in [2.05, 4.69) is 18.7 Å². The lowest BCUT2D eigenvalue weighted by Crippen LogP contribution is -2.20. The van der Waals surface area contributed by atoms with E-state index in [4.69, 9.17) is 10.5 Å². The van der Waals surface area contributed by atoms with Gasteiger partial charge in [-0.3, -0.25) is 0 Å². The molecule has 0 saturated carbocycles. The molecule has 1 aromatic carbocycles. The maximum absolute atomic E-state index is 9.07. The zero-order valence-corrected chi connectivity index (χ0v) is 8.70. The predicted molar refractivity (Wildman–Crippen MR) is 58.6 cm³/mol. The van der Waals surface area contributed by atoms with Gasteiger partial charge in [-0.25, -0.2) is 0 Å². The molecule has 2 nitrogen and oxygen atoms in total. The Kier molecular flexibility index (Phi) is 3.26. The van der Waals surface area contributed by atoms with Crippen LogP contribution in [0.1, 0.15) is 12.5 Å². The highest BCUT2D eigenvalue weighted by Gasteiger charge is 2.31. The van der Waals surface area contributed by atoms with Gasteiger partial charge >= 0.3 is 0 Å². The van der Waals surface area contributed by atoms with Crippen LogP contribution in [0.5, 0.6) is 0 Å². The SMILES string of the molecule is C=C(C)C(C#N)(C#N)Cc1ccccc1. The summed E-state index contributed by atoms with van der Waals surface area (Å²) in [5.74, 6) is 0. The molecule has 0 spiro atoms. The summed E-state index contributed by atoms with van der Waals surface area (Å²) in [5.41, 5.74) is 0.474. The van der Waals surface area contributed by atoms with Crippen molar-refractivity contribution in [1.82, 2.24) is 0 Å². The second kappa shape index (κ2) is 4.44. The van der Waals surface area contributed by atoms with E-state index in [1.165, 1.54) is 0 Å². The molecule has 0 aliphatic carbocycles. The first-order valence-electron chi connectivity index (χ1n) is 4.67. The summed E-state index contributed by atoms with van der Waals surface area (Å²) in [7, 11) is 0. The van der Waals surface area contributed by atoms with E-state index >= 15 is 0 Å². The first kappa shape index (κ1) is 11.0. The number of nitriles is 2. The van der Waals surface area contributed by atoms with Crippen LogP contribution in [-0.4, -0.2) is 0 Å². The maximum Gasteiger partial charge on any atom is 0.168 e. The predicted octanol–water partition coefficient (Wildman–Crippen LogP) is 2.84. The monoisotopic (exact) mass is 196 g/mol. The van der Waals surface area contributed by atoms with Crippen LogP contribution in [0.2, 0.25) is 0 Å². The first-order chi connectivity index (χ1) is 7.14. The number of hydrogen-bond acceptors (Lipinski definition) is 2. The molecule has 0 heterocycles. The molecule has 0 bridgehead atoms. The summed E-state index contributed by atoms with van der Waals surface area (Å²) in [6.45, 7) is 5.44. The van der Waals surface area contributed by atoms with Gasteiger partial charge in [0.25, 0.3) is 0 Å². The normalized spacial score (nSPS) is 10.1. The lowest BCUT2D eigenvalue weighted by molar-refractivity contribution is 0.616. The van der Waals surface area contributed by atoms with Crippen LogP contribution >= 0.6 is 0 Å². The molecule has 0 aliphatic rings. The van der Waals surface area contributed by atoms with Gasteiger partial charge in [-0.05, 0) is 18.1 Å². The van der Waals surface area contributed by atoms with E-state index in [1.54, 1.807) is 6.92 Å². The number of hydrogen-bond donors (Lipinski definition) is 0. The van der Waals surface area contributed by atoms with E-state index in [0.717, 1.165) is 5.56 Å². The lowest BCUT2D eigenvalue weighted by Gasteiger charge is -2.18. The summed E-state index contributed by atoms with van der Waals surface area (Å²) in [5, 5.41) is 18.1. The third kappa shape index (κ3) is 2.24. The van der Waals surface area contributed by atoms with Crippen molar-refractivity contribution in [1.29, 1.82) is 10.5 Å². The highest BCUT2D eigenvalue weighted by atomic mass is 14.4. The van der Waals surface area contributed by atoms with Crippen LogP contribution in [0.3, 0.4) is 0 Å². The molecule has 0 radical (unpaired) electrons. The van der Waals surface area contributed by atoms with Gasteiger partial charge in [-0.1, -0.05) is 36.9 Å². The molecular formula is C13H12N2. The fourth-order valence-electron chi connectivity index (χ4n) is 1.35. The molecule has 1 rings (SSSR count). The largest absolute Gasteiger partial charge is 0.196 e. The average Bonchev–Trinajstić information content (AvgIpc) is 2.27. The Morgan fingerprint density at radius 1 is 1.27 bits per heavy atom. The lowest BCUT2D eigenvalue weighted by atomic mass is 9.79. The average molecular weight is 196 g/mol. The molecule has 0 aromatic heterocycles. The van der Waals surface area contributed by atoms with Gasteiger partial charge in [-0.2, -0.15) is 10.5 Å². The van der Waals surface area contributed by atoms with E-state index in [9.17, 15) is 0 Å². The van der Waals surface area contributed by atoms with Crippen molar-refractivity contribution in [3.63, 3.8) is 0 Å². The van der Waals surface area contributed by atoms with Gasteiger partial charge in [0.2, 0.25) is 0 Å². The second-order valence-corrected chi connectivity index (χ2v) is 3.57. The molecule has 2 heteroatoms. The van der Waals surface area contributed by atoms with Gasteiger partial charge in [0, 0.05) is 6.42 Å². The maximum atomic E-state index is 9.07. The van der Waals surface area contributed by atoms with Gasteiger partial charge in [0.15, 0.2) is 5.41 Å². The summed E-state index contributed by atoms with van der Waals surface area (Å²) in [6.07, 6.45) is 0.399. The van der Waals surface area contributed by atoms with Crippen LogP contribution < -0.4 is 0 Å². The van der Waals surface area contributed by atoms with Crippen molar-refractivity contribution in [2.45, 2.75) is 13.3 Å². The van der Waals surface area contributed by atoms with E-state index < -0.39 is 5.41 Å². The fraction of sp³-hybridized carbons (Fsp3) is 0.231. The van der Waals surface area contributed by atoms with Crippen LogP contribution in [-0.2, 0) is 6.42 Å². The molecule has 74 valence electrons. The van der Waals surface area contributed by atoms with E-state index in [1.807, 2.05) is 30.3 Å². The number of benzene rings is 1. The first-order valence-corrected chi connectivity index (χ1v) is 4.67. The summed E-state index contributed by atoms with van der Waals surface area (Å²) in [4.78, 5) is 0. The second-order valence-electron chi connectivity index (χ2n) is 3.57. The molecule has 1 aromatic rings. The minimum atomic E-state index is -1.10. The standard InChI is InChI=1S/C13H12N2/c1-11(2)13(9-14,10-15)8-12-6-4-3-5-7-12/h3-7H,1,8H2,2H3. The molecular weight excluding hydrogens is 184 g/mol. The minimum absolute atomic E-state index is 0.399. The Morgan fingerprint density at radius 3 is 2.20 bits per heavy atom. The highest BCUT2D eigenvalue weighted by Crippen LogP contribution is 2.28. The fourth-order valence-corrected chi connectivity index (χ4v) is 1.35. The van der Waals surface area contributed by atoms with E-state index in [0.29, 0.717) is 12.0 Å². The summed E-state index contributed by atoms with van der Waals surface area (Å²) in [6, 6.07) is 13.6. The molecule has 0 N–H and O–H groups in total. The minimum Gasteiger partial charge on any atom is -0.196 e. The Morgan fingerprint density at radius 2 is 1.80 bits per heavy atom. The smallest absolute Gasteiger partial charge is 0.168 e. The zero-order valence-electron chi connectivity index (χ0n) is 8.70. The summed E-state index contributed by atoms with van der Waals surface area (Å²) < 4.78 is 0. The zero-order chi connectivity index (χ0) is 11.3. The van der Waals surface area contributed by atoms with Crippen molar-refractivity contribution >= 4 is 0 Å². The van der Waals surface area contributed by atoms with Crippen LogP contribution in [0.4, 0.5) is 0 Å². The third-order valence-electron chi connectivity index (χ3n) is 2.42. The molecule has 0 atom stereocenters. The van der Waals surface area contributed by atoms with Crippen LogP contribution in [0, 0.1) is 28.1 Å². The molecule has 0 unspecified atom stereocenters. The van der Waals surface area contributed by atoms with Crippen molar-refractivity contribution in [3.05, 3.63) is 48.0 Å². The molecule has 0 saturated heterocycles. The van der Waals surface area contributed by atoms with Crippen LogP contribution in [0.15, 0.2) is 42.5 Å². The third-order valence-corrected chi connectivity index (χ3v) is 2.42. The molecule has 0 aliphatic heterocycles. The highest BCUT2D eigenvalue weighted by molar-refractivity contribution is 5.34. The van der Waals surface area contributed by atoms with Gasteiger partial charge in [0.05, 0.1) is 12.1 Å². The Balaban J connectivity index is 3.03. The molecule has 0 fully saturated rings. The number of rotatable bonds is 3. The number of nitrogens with zero attached hydrogens (tertiary/aromatic N) is 2. The van der Waals surface area contributed by atoms with Gasteiger partial charge < -0.3 is 0 Å². The molecule has 15 heavy (non-hydrogen) atoms. The Hall–Kier alpha value is -2.06.